The predicted octanol–water partition coefficient (Wildman–Crippen LogP) is 3.94. The zero-order chi connectivity index (χ0) is 23.1. The summed E-state index contributed by atoms with van der Waals surface area (Å²) in [5.74, 6) is 2.43. The third kappa shape index (κ3) is 6.12. The smallest absolute Gasteiger partial charge is 0.223 e. The topological polar surface area (TPSA) is 71.3 Å². The van der Waals surface area contributed by atoms with Crippen LogP contribution in [0.1, 0.15) is 47.0 Å². The van der Waals surface area contributed by atoms with Crippen LogP contribution in [0.5, 0.6) is 0 Å². The molecule has 1 aliphatic heterocycles. The lowest BCUT2D eigenvalue weighted by atomic mass is 10.1. The predicted molar refractivity (Wildman–Crippen MR) is 128 cm³/mol. The van der Waals surface area contributed by atoms with E-state index in [1.807, 2.05) is 47.1 Å². The van der Waals surface area contributed by atoms with Crippen LogP contribution in [-0.4, -0.2) is 67.8 Å². The van der Waals surface area contributed by atoms with Gasteiger partial charge in [0.05, 0.1) is 0 Å². The van der Waals surface area contributed by atoms with E-state index >= 15 is 0 Å². The third-order valence-electron chi connectivity index (χ3n) is 5.71. The number of benzene rings is 1. The van der Waals surface area contributed by atoms with Crippen molar-refractivity contribution >= 4 is 23.6 Å². The van der Waals surface area contributed by atoms with Gasteiger partial charge in [-0.2, -0.15) is 0 Å². The van der Waals surface area contributed by atoms with Crippen LogP contribution in [-0.2, 0) is 16.1 Å². The Bertz CT molecular complexity index is 899. The highest BCUT2D eigenvalue weighted by Crippen LogP contribution is 2.24. The van der Waals surface area contributed by atoms with Crippen molar-refractivity contribution in [3.05, 3.63) is 30.3 Å². The Labute approximate surface area is 195 Å². The van der Waals surface area contributed by atoms with E-state index in [4.69, 9.17) is 0 Å². The summed E-state index contributed by atoms with van der Waals surface area (Å²) < 4.78 is 2.12. The van der Waals surface area contributed by atoms with Crippen molar-refractivity contribution in [2.45, 2.75) is 64.7 Å². The van der Waals surface area contributed by atoms with Crippen LogP contribution >= 0.6 is 11.8 Å². The second kappa shape index (κ2) is 11.5. The van der Waals surface area contributed by atoms with E-state index in [-0.39, 0.29) is 17.9 Å². The van der Waals surface area contributed by atoms with Crippen molar-refractivity contribution in [3.8, 4) is 11.4 Å². The molecule has 3 rings (SSSR count). The second-order valence-electron chi connectivity index (χ2n) is 8.74. The molecule has 1 fully saturated rings. The highest BCUT2D eigenvalue weighted by atomic mass is 32.2. The number of carbonyl (C=O) groups is 2. The Kier molecular flexibility index (Phi) is 8.73. The number of nitrogens with zero attached hydrogens (tertiary/aromatic N) is 5. The van der Waals surface area contributed by atoms with Gasteiger partial charge in [0.25, 0.3) is 0 Å². The molecule has 2 heterocycles. The molecular formula is C24H35N5O2S. The van der Waals surface area contributed by atoms with Gasteiger partial charge in [-0.05, 0) is 26.2 Å². The standard InChI is InChI=1S/C24H35N5O2S/c1-5-28-23(20-10-7-6-8-11-20)25-26-24(28)32-15-9-12-21(30)27-13-14-29(19(4)17-27)22(31)16-18(2)3/h6-8,10-11,18-19H,5,9,12-17H2,1-4H3. The quantitative estimate of drug-likeness (QED) is 0.421. The van der Waals surface area contributed by atoms with Crippen LogP contribution in [0.15, 0.2) is 35.5 Å². The van der Waals surface area contributed by atoms with Crippen molar-refractivity contribution < 1.29 is 9.59 Å². The lowest BCUT2D eigenvalue weighted by Gasteiger charge is -2.40. The number of amides is 2. The van der Waals surface area contributed by atoms with Crippen LogP contribution < -0.4 is 0 Å². The second-order valence-corrected chi connectivity index (χ2v) is 9.80. The monoisotopic (exact) mass is 457 g/mol. The maximum atomic E-state index is 12.7. The van der Waals surface area contributed by atoms with Crippen molar-refractivity contribution in [2.24, 2.45) is 5.92 Å². The average Bonchev–Trinajstić information content (AvgIpc) is 3.19. The molecule has 2 amide bonds. The number of carbonyl (C=O) groups excluding carboxylic acids is 2. The molecule has 1 unspecified atom stereocenters. The zero-order valence-corrected chi connectivity index (χ0v) is 20.5. The molecule has 1 aliphatic rings. The summed E-state index contributed by atoms with van der Waals surface area (Å²) in [6.07, 6.45) is 1.89. The first-order chi connectivity index (χ1) is 15.4. The minimum Gasteiger partial charge on any atom is -0.339 e. The molecule has 0 spiro atoms. The van der Waals surface area contributed by atoms with Gasteiger partial charge in [-0.15, -0.1) is 10.2 Å². The summed E-state index contributed by atoms with van der Waals surface area (Å²) in [5, 5.41) is 9.64. The molecule has 1 saturated heterocycles. The van der Waals surface area contributed by atoms with Crippen LogP contribution in [0.25, 0.3) is 11.4 Å². The molecule has 174 valence electrons. The molecule has 0 radical (unpaired) electrons. The van der Waals surface area contributed by atoms with E-state index in [0.717, 1.165) is 35.3 Å². The third-order valence-corrected chi connectivity index (χ3v) is 6.77. The van der Waals surface area contributed by atoms with Crippen LogP contribution in [0, 0.1) is 5.92 Å². The Hall–Kier alpha value is -2.35. The Morgan fingerprint density at radius 2 is 1.88 bits per heavy atom. The van der Waals surface area contributed by atoms with E-state index in [1.165, 1.54) is 0 Å². The van der Waals surface area contributed by atoms with Crippen molar-refractivity contribution in [3.63, 3.8) is 0 Å². The maximum Gasteiger partial charge on any atom is 0.223 e. The SMILES string of the molecule is CCn1c(SCCCC(=O)N2CCN(C(=O)CC(C)C)C(C)C2)nnc1-c1ccccc1. The van der Waals surface area contributed by atoms with Crippen LogP contribution in [0.2, 0.25) is 0 Å². The summed E-state index contributed by atoms with van der Waals surface area (Å²) in [7, 11) is 0. The van der Waals surface area contributed by atoms with Crippen molar-refractivity contribution in [1.82, 2.24) is 24.6 Å². The highest BCUT2D eigenvalue weighted by Gasteiger charge is 2.29. The Morgan fingerprint density at radius 3 is 2.53 bits per heavy atom. The normalized spacial score (nSPS) is 16.6. The minimum atomic E-state index is 0.0767. The Morgan fingerprint density at radius 1 is 1.12 bits per heavy atom. The van der Waals surface area contributed by atoms with Gasteiger partial charge in [-0.1, -0.05) is 55.9 Å². The number of aromatic nitrogens is 3. The van der Waals surface area contributed by atoms with Gasteiger partial charge in [-0.25, -0.2) is 0 Å². The van der Waals surface area contributed by atoms with E-state index in [1.54, 1.807) is 11.8 Å². The highest BCUT2D eigenvalue weighted by molar-refractivity contribution is 7.99. The first-order valence-electron chi connectivity index (χ1n) is 11.6. The maximum absolute atomic E-state index is 12.7. The first-order valence-corrected chi connectivity index (χ1v) is 12.6. The summed E-state index contributed by atoms with van der Waals surface area (Å²) in [4.78, 5) is 28.9. The largest absolute Gasteiger partial charge is 0.339 e. The van der Waals surface area contributed by atoms with Crippen LogP contribution in [0.3, 0.4) is 0 Å². The molecule has 1 aromatic carbocycles. The lowest BCUT2D eigenvalue weighted by molar-refractivity contribution is -0.143. The summed E-state index contributed by atoms with van der Waals surface area (Å²) >= 11 is 1.65. The number of thioether (sulfide) groups is 1. The van der Waals surface area contributed by atoms with Gasteiger partial charge in [0.1, 0.15) is 0 Å². The molecule has 0 saturated carbocycles. The molecule has 1 aromatic heterocycles. The van der Waals surface area contributed by atoms with E-state index in [9.17, 15) is 9.59 Å². The minimum absolute atomic E-state index is 0.0767. The lowest BCUT2D eigenvalue weighted by Crippen LogP contribution is -2.55. The van der Waals surface area contributed by atoms with Crippen molar-refractivity contribution in [2.75, 3.05) is 25.4 Å². The van der Waals surface area contributed by atoms with E-state index < -0.39 is 0 Å². The fourth-order valence-corrected chi connectivity index (χ4v) is 4.99. The Balaban J connectivity index is 1.45. The number of rotatable bonds is 9. The molecule has 8 heteroatoms. The molecule has 2 aromatic rings. The van der Waals surface area contributed by atoms with E-state index in [2.05, 4.69) is 35.5 Å². The molecule has 32 heavy (non-hydrogen) atoms. The van der Waals surface area contributed by atoms with Crippen LogP contribution in [0.4, 0.5) is 0 Å². The summed E-state index contributed by atoms with van der Waals surface area (Å²) in [5.41, 5.74) is 1.06. The fraction of sp³-hybridized carbons (Fsp3) is 0.583. The summed E-state index contributed by atoms with van der Waals surface area (Å²) in [6.45, 7) is 10.9. The molecule has 0 aliphatic carbocycles. The van der Waals surface area contributed by atoms with E-state index in [0.29, 0.717) is 38.4 Å². The number of hydrogen-bond acceptors (Lipinski definition) is 5. The average molecular weight is 458 g/mol. The van der Waals surface area contributed by atoms with Gasteiger partial charge < -0.3 is 14.4 Å². The molecule has 1 atom stereocenters. The molecule has 0 N–H and O–H groups in total. The zero-order valence-electron chi connectivity index (χ0n) is 19.7. The van der Waals surface area contributed by atoms with Gasteiger partial charge in [-0.3, -0.25) is 9.59 Å². The first kappa shape index (κ1) is 24.3. The molecule has 7 nitrogen and oxygen atoms in total. The van der Waals surface area contributed by atoms with Gasteiger partial charge >= 0.3 is 0 Å². The van der Waals surface area contributed by atoms with Crippen molar-refractivity contribution in [1.29, 1.82) is 0 Å². The van der Waals surface area contributed by atoms with Gasteiger partial charge in [0.2, 0.25) is 11.8 Å². The summed E-state index contributed by atoms with van der Waals surface area (Å²) in [6, 6.07) is 10.2. The van der Waals surface area contributed by atoms with Gasteiger partial charge in [0.15, 0.2) is 11.0 Å². The van der Waals surface area contributed by atoms with Gasteiger partial charge in [0, 0.05) is 56.4 Å². The number of hydrogen-bond donors (Lipinski definition) is 0. The fourth-order valence-electron chi connectivity index (χ4n) is 4.05. The molecule has 0 bridgehead atoms. The molecular weight excluding hydrogens is 422 g/mol. The number of piperazine rings is 1.